The molecule has 0 aromatic heterocycles. The summed E-state index contributed by atoms with van der Waals surface area (Å²) >= 11 is 12.2. The minimum Gasteiger partial charge on any atom is -0.310 e. The maximum atomic E-state index is 6.12. The third kappa shape index (κ3) is 3.13. The smallest absolute Gasteiger partial charge is 0.0465 e. The summed E-state index contributed by atoms with van der Waals surface area (Å²) in [6.45, 7) is 0.781. The first-order valence-corrected chi connectivity index (χ1v) is 6.69. The zero-order valence-corrected chi connectivity index (χ0v) is 10.8. The van der Waals surface area contributed by atoms with E-state index in [9.17, 15) is 0 Å². The minimum absolute atomic E-state index is 0.640. The lowest BCUT2D eigenvalue weighted by Gasteiger charge is -2.23. The Labute approximate surface area is 107 Å². The molecule has 1 saturated carbocycles. The van der Waals surface area contributed by atoms with Crippen molar-refractivity contribution < 1.29 is 0 Å². The molecule has 0 amide bonds. The molecule has 1 N–H and O–H groups in total. The van der Waals surface area contributed by atoms with Crippen LogP contribution in [0.25, 0.3) is 0 Å². The predicted molar refractivity (Wildman–Crippen MR) is 70.2 cm³/mol. The van der Waals surface area contributed by atoms with Crippen molar-refractivity contribution in [3.8, 4) is 0 Å². The summed E-state index contributed by atoms with van der Waals surface area (Å²) in [5.74, 6) is 0. The van der Waals surface area contributed by atoms with Crippen LogP contribution >= 0.6 is 23.2 Å². The zero-order chi connectivity index (χ0) is 11.4. The Morgan fingerprint density at radius 3 is 2.31 bits per heavy atom. The van der Waals surface area contributed by atoms with E-state index >= 15 is 0 Å². The van der Waals surface area contributed by atoms with Crippen molar-refractivity contribution in [1.29, 1.82) is 0 Å². The molecule has 3 heteroatoms. The van der Waals surface area contributed by atoms with Crippen LogP contribution in [0.15, 0.2) is 18.2 Å². The van der Waals surface area contributed by atoms with E-state index in [0.717, 1.165) is 22.2 Å². The van der Waals surface area contributed by atoms with Crippen LogP contribution in [-0.4, -0.2) is 6.04 Å². The summed E-state index contributed by atoms with van der Waals surface area (Å²) in [6, 6.07) is 6.31. The van der Waals surface area contributed by atoms with Gasteiger partial charge in [0.05, 0.1) is 0 Å². The first kappa shape index (κ1) is 12.2. The van der Waals surface area contributed by atoms with Gasteiger partial charge in [0.15, 0.2) is 0 Å². The average Bonchev–Trinajstić information content (AvgIpc) is 2.30. The summed E-state index contributed by atoms with van der Waals surface area (Å²) in [5, 5.41) is 5.07. The highest BCUT2D eigenvalue weighted by Gasteiger charge is 2.13. The summed E-state index contributed by atoms with van der Waals surface area (Å²) in [4.78, 5) is 0. The van der Waals surface area contributed by atoms with Crippen LogP contribution in [0.3, 0.4) is 0 Å². The molecule has 1 aromatic rings. The normalized spacial score (nSPS) is 17.6. The third-order valence-electron chi connectivity index (χ3n) is 3.23. The molecule has 0 saturated heterocycles. The Kier molecular flexibility index (Phi) is 4.51. The second-order valence-electron chi connectivity index (χ2n) is 4.42. The fraction of sp³-hybridized carbons (Fsp3) is 0.538. The van der Waals surface area contributed by atoms with Crippen LogP contribution in [0.1, 0.15) is 37.7 Å². The van der Waals surface area contributed by atoms with E-state index in [1.807, 2.05) is 18.2 Å². The second-order valence-corrected chi connectivity index (χ2v) is 5.23. The molecule has 0 bridgehead atoms. The lowest BCUT2D eigenvalue weighted by molar-refractivity contribution is 0.372. The first-order valence-electron chi connectivity index (χ1n) is 5.93. The van der Waals surface area contributed by atoms with Gasteiger partial charge in [-0.25, -0.2) is 0 Å². The molecule has 0 spiro atoms. The number of halogens is 2. The Balaban J connectivity index is 1.93. The molecule has 1 fully saturated rings. The van der Waals surface area contributed by atoms with E-state index in [4.69, 9.17) is 23.2 Å². The van der Waals surface area contributed by atoms with E-state index in [1.165, 1.54) is 32.1 Å². The third-order valence-corrected chi connectivity index (χ3v) is 3.94. The summed E-state index contributed by atoms with van der Waals surface area (Å²) < 4.78 is 0. The predicted octanol–water partition coefficient (Wildman–Crippen LogP) is 4.42. The van der Waals surface area contributed by atoms with E-state index in [-0.39, 0.29) is 0 Å². The van der Waals surface area contributed by atoms with Crippen molar-refractivity contribution in [2.45, 2.75) is 44.7 Å². The van der Waals surface area contributed by atoms with Crippen molar-refractivity contribution in [1.82, 2.24) is 5.32 Å². The first-order chi connectivity index (χ1) is 7.77. The lowest BCUT2D eigenvalue weighted by Crippen LogP contribution is -2.30. The van der Waals surface area contributed by atoms with Gasteiger partial charge in [-0.1, -0.05) is 48.5 Å². The van der Waals surface area contributed by atoms with Crippen molar-refractivity contribution >= 4 is 23.2 Å². The maximum Gasteiger partial charge on any atom is 0.0465 e. The maximum absolute atomic E-state index is 6.12. The molecular formula is C13H17Cl2N. The van der Waals surface area contributed by atoms with Crippen LogP contribution in [0, 0.1) is 0 Å². The molecule has 0 unspecified atom stereocenters. The molecule has 2 rings (SSSR count). The van der Waals surface area contributed by atoms with Gasteiger partial charge >= 0.3 is 0 Å². The molecule has 1 aliphatic rings. The molecule has 0 radical (unpaired) electrons. The summed E-state index contributed by atoms with van der Waals surface area (Å²) in [7, 11) is 0. The van der Waals surface area contributed by atoms with Crippen molar-refractivity contribution in [2.24, 2.45) is 0 Å². The molecule has 88 valence electrons. The highest BCUT2D eigenvalue weighted by molar-refractivity contribution is 6.35. The van der Waals surface area contributed by atoms with Gasteiger partial charge in [0, 0.05) is 28.2 Å². The fourth-order valence-electron chi connectivity index (χ4n) is 2.25. The van der Waals surface area contributed by atoms with E-state index < -0.39 is 0 Å². The van der Waals surface area contributed by atoms with Gasteiger partial charge in [-0.2, -0.15) is 0 Å². The summed E-state index contributed by atoms with van der Waals surface area (Å²) in [5.41, 5.74) is 1.02. The van der Waals surface area contributed by atoms with Crippen LogP contribution < -0.4 is 5.32 Å². The van der Waals surface area contributed by atoms with Gasteiger partial charge in [-0.3, -0.25) is 0 Å². The second kappa shape index (κ2) is 5.90. The Morgan fingerprint density at radius 2 is 1.69 bits per heavy atom. The van der Waals surface area contributed by atoms with Crippen LogP contribution in [-0.2, 0) is 6.54 Å². The molecule has 0 atom stereocenters. The SMILES string of the molecule is Clc1cccc(Cl)c1CNC1CCCCC1. The Hall–Kier alpha value is -0.240. The molecule has 1 nitrogen and oxygen atoms in total. The molecule has 1 aliphatic carbocycles. The van der Waals surface area contributed by atoms with Crippen molar-refractivity contribution in [3.05, 3.63) is 33.8 Å². The highest BCUT2D eigenvalue weighted by Crippen LogP contribution is 2.25. The monoisotopic (exact) mass is 257 g/mol. The van der Waals surface area contributed by atoms with E-state index in [0.29, 0.717) is 6.04 Å². The minimum atomic E-state index is 0.640. The van der Waals surface area contributed by atoms with E-state index in [2.05, 4.69) is 5.32 Å². The standard InChI is InChI=1S/C13H17Cl2N/c14-12-7-4-8-13(15)11(12)9-16-10-5-2-1-3-6-10/h4,7-8,10,16H,1-3,5-6,9H2. The van der Waals surface area contributed by atoms with Gasteiger partial charge in [-0.15, -0.1) is 0 Å². The Bertz CT molecular complexity index is 326. The van der Waals surface area contributed by atoms with Gasteiger partial charge in [0.2, 0.25) is 0 Å². The van der Waals surface area contributed by atoms with Gasteiger partial charge in [0.1, 0.15) is 0 Å². The number of benzene rings is 1. The van der Waals surface area contributed by atoms with E-state index in [1.54, 1.807) is 0 Å². The van der Waals surface area contributed by atoms with Crippen molar-refractivity contribution in [2.75, 3.05) is 0 Å². The molecule has 0 aliphatic heterocycles. The highest BCUT2D eigenvalue weighted by atomic mass is 35.5. The molecule has 1 aromatic carbocycles. The van der Waals surface area contributed by atoms with Gasteiger partial charge < -0.3 is 5.32 Å². The number of rotatable bonds is 3. The van der Waals surface area contributed by atoms with Crippen LogP contribution in [0.5, 0.6) is 0 Å². The molecule has 0 heterocycles. The number of hydrogen-bond donors (Lipinski definition) is 1. The number of nitrogens with one attached hydrogen (secondary N) is 1. The molecule has 16 heavy (non-hydrogen) atoms. The average molecular weight is 258 g/mol. The number of hydrogen-bond acceptors (Lipinski definition) is 1. The zero-order valence-electron chi connectivity index (χ0n) is 9.31. The van der Waals surface area contributed by atoms with Crippen molar-refractivity contribution in [3.63, 3.8) is 0 Å². The largest absolute Gasteiger partial charge is 0.310 e. The van der Waals surface area contributed by atoms with Crippen LogP contribution in [0.2, 0.25) is 10.0 Å². The van der Waals surface area contributed by atoms with Gasteiger partial charge in [-0.05, 0) is 25.0 Å². The lowest BCUT2D eigenvalue weighted by atomic mass is 9.95. The topological polar surface area (TPSA) is 12.0 Å². The molecular weight excluding hydrogens is 241 g/mol. The van der Waals surface area contributed by atoms with Crippen LogP contribution in [0.4, 0.5) is 0 Å². The fourth-order valence-corrected chi connectivity index (χ4v) is 2.79. The Morgan fingerprint density at radius 1 is 1.06 bits per heavy atom. The summed E-state index contributed by atoms with van der Waals surface area (Å²) in [6.07, 6.45) is 6.62. The van der Waals surface area contributed by atoms with Gasteiger partial charge in [0.25, 0.3) is 0 Å². The quantitative estimate of drug-likeness (QED) is 0.846.